The first-order valence-corrected chi connectivity index (χ1v) is 8.02. The number of carbonyl (C=O) groups excluding carboxylic acids is 1. The molecule has 0 aliphatic rings. The maximum atomic E-state index is 11.9. The number of amides is 2. The minimum absolute atomic E-state index is 0.276. The van der Waals surface area contributed by atoms with E-state index in [0.717, 1.165) is 16.9 Å². The summed E-state index contributed by atoms with van der Waals surface area (Å²) in [6, 6.07) is 12.5. The molecular formula is C17H18Cl2N2O2. The molecule has 0 aromatic heterocycles. The van der Waals surface area contributed by atoms with E-state index in [1.807, 2.05) is 31.2 Å². The second kappa shape index (κ2) is 8.65. The van der Waals surface area contributed by atoms with Gasteiger partial charge in [0.15, 0.2) is 0 Å². The summed E-state index contributed by atoms with van der Waals surface area (Å²) in [7, 11) is 0. The van der Waals surface area contributed by atoms with Gasteiger partial charge >= 0.3 is 6.03 Å². The zero-order valence-electron chi connectivity index (χ0n) is 12.7. The molecular weight excluding hydrogens is 335 g/mol. The largest absolute Gasteiger partial charge is 0.494 e. The highest BCUT2D eigenvalue weighted by atomic mass is 35.5. The van der Waals surface area contributed by atoms with E-state index in [9.17, 15) is 4.79 Å². The quantitative estimate of drug-likeness (QED) is 0.809. The molecule has 0 saturated heterocycles. The van der Waals surface area contributed by atoms with Crippen molar-refractivity contribution in [1.29, 1.82) is 0 Å². The molecule has 0 radical (unpaired) electrons. The maximum absolute atomic E-state index is 11.9. The lowest BCUT2D eigenvalue weighted by molar-refractivity contribution is 0.240. The Morgan fingerprint density at radius 2 is 1.74 bits per heavy atom. The maximum Gasteiger partial charge on any atom is 0.315 e. The number of rotatable bonds is 6. The molecule has 0 unspecified atom stereocenters. The number of ether oxygens (including phenoxy) is 1. The lowest BCUT2D eigenvalue weighted by atomic mass is 10.2. The summed E-state index contributed by atoms with van der Waals surface area (Å²) in [6.45, 7) is 3.22. The topological polar surface area (TPSA) is 50.4 Å². The monoisotopic (exact) mass is 352 g/mol. The molecule has 4 nitrogen and oxygen atoms in total. The van der Waals surface area contributed by atoms with Crippen molar-refractivity contribution in [3.63, 3.8) is 0 Å². The zero-order chi connectivity index (χ0) is 16.7. The first kappa shape index (κ1) is 17.4. The second-order valence-electron chi connectivity index (χ2n) is 4.81. The standard InChI is InChI=1S/C17H18Cl2N2O2/c1-2-23-16-6-4-3-5-13(16)11-21-17(22)20-10-12-7-8-14(18)9-15(12)19/h3-9H,2,10-11H2,1H3,(H2,20,21,22). The van der Waals surface area contributed by atoms with Crippen molar-refractivity contribution in [1.82, 2.24) is 10.6 Å². The predicted octanol–water partition coefficient (Wildman–Crippen LogP) is 4.39. The summed E-state index contributed by atoms with van der Waals surface area (Å²) in [5.74, 6) is 0.774. The van der Waals surface area contributed by atoms with E-state index in [2.05, 4.69) is 10.6 Å². The molecule has 0 aliphatic heterocycles. The van der Waals surface area contributed by atoms with Crippen LogP contribution in [0.5, 0.6) is 5.75 Å². The number of urea groups is 1. The first-order chi connectivity index (χ1) is 11.1. The van der Waals surface area contributed by atoms with Gasteiger partial charge in [0.2, 0.25) is 0 Å². The number of para-hydroxylation sites is 1. The van der Waals surface area contributed by atoms with Crippen LogP contribution in [0.25, 0.3) is 0 Å². The van der Waals surface area contributed by atoms with Gasteiger partial charge in [0.25, 0.3) is 0 Å². The van der Waals surface area contributed by atoms with Gasteiger partial charge in [-0.1, -0.05) is 47.5 Å². The number of halogens is 2. The fourth-order valence-electron chi connectivity index (χ4n) is 2.02. The predicted molar refractivity (Wildman–Crippen MR) is 93.1 cm³/mol. The molecule has 23 heavy (non-hydrogen) atoms. The highest BCUT2D eigenvalue weighted by Crippen LogP contribution is 2.20. The van der Waals surface area contributed by atoms with Crippen LogP contribution in [0.3, 0.4) is 0 Å². The van der Waals surface area contributed by atoms with Crippen LogP contribution in [0.4, 0.5) is 4.79 Å². The molecule has 0 bridgehead atoms. The highest BCUT2D eigenvalue weighted by Gasteiger charge is 2.06. The SMILES string of the molecule is CCOc1ccccc1CNC(=O)NCc1ccc(Cl)cc1Cl. The molecule has 2 rings (SSSR count). The van der Waals surface area contributed by atoms with E-state index >= 15 is 0 Å². The minimum atomic E-state index is -0.276. The molecule has 0 atom stereocenters. The van der Waals surface area contributed by atoms with Crippen LogP contribution in [0, 0.1) is 0 Å². The van der Waals surface area contributed by atoms with Crippen LogP contribution in [-0.4, -0.2) is 12.6 Å². The van der Waals surface area contributed by atoms with E-state index in [1.165, 1.54) is 0 Å². The summed E-state index contributed by atoms with van der Waals surface area (Å²) < 4.78 is 5.52. The average molecular weight is 353 g/mol. The van der Waals surface area contributed by atoms with Gasteiger partial charge in [-0.15, -0.1) is 0 Å². The Morgan fingerprint density at radius 3 is 2.43 bits per heavy atom. The lowest BCUT2D eigenvalue weighted by Crippen LogP contribution is -2.34. The fourth-order valence-corrected chi connectivity index (χ4v) is 2.50. The summed E-state index contributed by atoms with van der Waals surface area (Å²) in [5, 5.41) is 6.66. The number of hydrogen-bond acceptors (Lipinski definition) is 2. The summed E-state index contributed by atoms with van der Waals surface area (Å²) >= 11 is 11.9. The lowest BCUT2D eigenvalue weighted by Gasteiger charge is -2.12. The zero-order valence-corrected chi connectivity index (χ0v) is 14.2. The Labute approximate surface area is 145 Å². The molecule has 0 heterocycles. The molecule has 0 spiro atoms. The van der Waals surface area contributed by atoms with Crippen molar-refractivity contribution < 1.29 is 9.53 Å². The molecule has 0 saturated carbocycles. The molecule has 2 N–H and O–H groups in total. The van der Waals surface area contributed by atoms with Gasteiger partial charge in [-0.25, -0.2) is 4.79 Å². The Kier molecular flexibility index (Phi) is 6.56. The molecule has 0 aliphatic carbocycles. The summed E-state index contributed by atoms with van der Waals surface area (Å²) in [5.41, 5.74) is 1.73. The van der Waals surface area contributed by atoms with Crippen LogP contribution in [-0.2, 0) is 13.1 Å². The van der Waals surface area contributed by atoms with Crippen LogP contribution < -0.4 is 15.4 Å². The smallest absolute Gasteiger partial charge is 0.315 e. The van der Waals surface area contributed by atoms with E-state index in [1.54, 1.807) is 18.2 Å². The molecule has 2 amide bonds. The number of hydrogen-bond donors (Lipinski definition) is 2. The van der Waals surface area contributed by atoms with Gasteiger partial charge in [-0.05, 0) is 30.7 Å². The molecule has 122 valence electrons. The van der Waals surface area contributed by atoms with Crippen LogP contribution in [0.2, 0.25) is 10.0 Å². The van der Waals surface area contributed by atoms with Crippen molar-refractivity contribution in [2.24, 2.45) is 0 Å². The fraction of sp³-hybridized carbons (Fsp3) is 0.235. The molecule has 2 aromatic rings. The van der Waals surface area contributed by atoms with Crippen molar-refractivity contribution in [2.45, 2.75) is 20.0 Å². The number of nitrogens with one attached hydrogen (secondary N) is 2. The third-order valence-corrected chi connectivity index (χ3v) is 3.75. The third kappa shape index (κ3) is 5.34. The van der Waals surface area contributed by atoms with E-state index in [-0.39, 0.29) is 6.03 Å². The van der Waals surface area contributed by atoms with Crippen molar-refractivity contribution in [3.8, 4) is 5.75 Å². The Balaban J connectivity index is 1.86. The number of carbonyl (C=O) groups is 1. The van der Waals surface area contributed by atoms with Crippen molar-refractivity contribution in [2.75, 3.05) is 6.61 Å². The van der Waals surface area contributed by atoms with Gasteiger partial charge in [-0.3, -0.25) is 0 Å². The third-order valence-electron chi connectivity index (χ3n) is 3.17. The van der Waals surface area contributed by atoms with Gasteiger partial charge in [0.05, 0.1) is 6.61 Å². The van der Waals surface area contributed by atoms with Crippen LogP contribution in [0.1, 0.15) is 18.1 Å². The van der Waals surface area contributed by atoms with Crippen LogP contribution >= 0.6 is 23.2 Å². The van der Waals surface area contributed by atoms with Gasteiger partial charge in [0.1, 0.15) is 5.75 Å². The Morgan fingerprint density at radius 1 is 1.04 bits per heavy atom. The summed E-state index contributed by atoms with van der Waals surface area (Å²) in [6.07, 6.45) is 0. The number of benzene rings is 2. The minimum Gasteiger partial charge on any atom is -0.494 e. The molecule has 2 aromatic carbocycles. The van der Waals surface area contributed by atoms with Gasteiger partial charge in [-0.2, -0.15) is 0 Å². The highest BCUT2D eigenvalue weighted by molar-refractivity contribution is 6.35. The van der Waals surface area contributed by atoms with Crippen LogP contribution in [0.15, 0.2) is 42.5 Å². The summed E-state index contributed by atoms with van der Waals surface area (Å²) in [4.78, 5) is 11.9. The second-order valence-corrected chi connectivity index (χ2v) is 5.66. The van der Waals surface area contributed by atoms with Gasteiger partial charge < -0.3 is 15.4 Å². The van der Waals surface area contributed by atoms with Gasteiger partial charge in [0, 0.05) is 28.7 Å². The Hall–Kier alpha value is -1.91. The van der Waals surface area contributed by atoms with Crippen molar-refractivity contribution >= 4 is 29.2 Å². The average Bonchev–Trinajstić information content (AvgIpc) is 2.53. The first-order valence-electron chi connectivity index (χ1n) is 7.26. The van der Waals surface area contributed by atoms with E-state index < -0.39 is 0 Å². The van der Waals surface area contributed by atoms with E-state index in [0.29, 0.717) is 29.7 Å². The Bertz CT molecular complexity index is 677. The van der Waals surface area contributed by atoms with Crippen molar-refractivity contribution in [3.05, 3.63) is 63.6 Å². The van der Waals surface area contributed by atoms with E-state index in [4.69, 9.17) is 27.9 Å². The normalized spacial score (nSPS) is 10.2. The molecule has 0 fully saturated rings. The molecule has 6 heteroatoms.